The van der Waals surface area contributed by atoms with E-state index in [4.69, 9.17) is 22.8 Å². The predicted octanol–water partition coefficient (Wildman–Crippen LogP) is 2.83. The molecule has 0 saturated heterocycles. The van der Waals surface area contributed by atoms with Gasteiger partial charge in [-0.2, -0.15) is 0 Å². The highest BCUT2D eigenvalue weighted by Gasteiger charge is 2.42. The molecule has 1 aromatic carbocycles. The molecule has 0 N–H and O–H groups in total. The standard InChI is InChI=1S/C15H26O5Si/c1-6-18-21(19-7-2,20-8-3)12-13-14(16-4)10-9-11-15(13)17-5/h9-11H,6-8,12H2,1-5H3. The summed E-state index contributed by atoms with van der Waals surface area (Å²) in [4.78, 5) is 0. The van der Waals surface area contributed by atoms with E-state index in [9.17, 15) is 0 Å². The van der Waals surface area contributed by atoms with Crippen LogP contribution in [0.1, 0.15) is 26.3 Å². The molecule has 21 heavy (non-hydrogen) atoms. The number of methoxy groups -OCH3 is 2. The van der Waals surface area contributed by atoms with E-state index in [1.807, 2.05) is 39.0 Å². The molecule has 0 bridgehead atoms. The number of hydrogen-bond acceptors (Lipinski definition) is 5. The van der Waals surface area contributed by atoms with Crippen molar-refractivity contribution in [3.05, 3.63) is 23.8 Å². The highest BCUT2D eigenvalue weighted by Crippen LogP contribution is 2.32. The highest BCUT2D eigenvalue weighted by atomic mass is 28.4. The number of rotatable bonds is 10. The van der Waals surface area contributed by atoms with Crippen molar-refractivity contribution in [1.29, 1.82) is 0 Å². The van der Waals surface area contributed by atoms with E-state index in [2.05, 4.69) is 0 Å². The molecular formula is C15H26O5Si. The molecule has 6 heteroatoms. The Hall–Kier alpha value is -1.08. The average Bonchev–Trinajstić information content (AvgIpc) is 2.48. The van der Waals surface area contributed by atoms with Crippen LogP contribution >= 0.6 is 0 Å². The molecule has 0 amide bonds. The van der Waals surface area contributed by atoms with Crippen LogP contribution in [0.15, 0.2) is 18.2 Å². The van der Waals surface area contributed by atoms with Crippen molar-refractivity contribution in [2.75, 3.05) is 34.0 Å². The van der Waals surface area contributed by atoms with Crippen molar-refractivity contribution in [1.82, 2.24) is 0 Å². The first-order valence-corrected chi connectivity index (χ1v) is 9.21. The van der Waals surface area contributed by atoms with Crippen molar-refractivity contribution in [2.45, 2.75) is 26.8 Å². The zero-order valence-corrected chi connectivity index (χ0v) is 14.6. The van der Waals surface area contributed by atoms with Gasteiger partial charge in [-0.3, -0.25) is 0 Å². The SMILES string of the molecule is CCO[Si](Cc1c(OC)cccc1OC)(OCC)OCC. The van der Waals surface area contributed by atoms with Gasteiger partial charge in [-0.1, -0.05) is 6.07 Å². The van der Waals surface area contributed by atoms with Gasteiger partial charge in [0.15, 0.2) is 0 Å². The lowest BCUT2D eigenvalue weighted by atomic mass is 10.2. The van der Waals surface area contributed by atoms with E-state index in [0.29, 0.717) is 25.9 Å². The molecule has 1 aromatic rings. The second-order valence-electron chi connectivity index (χ2n) is 4.30. The van der Waals surface area contributed by atoms with Crippen molar-refractivity contribution >= 4 is 8.80 Å². The van der Waals surface area contributed by atoms with Gasteiger partial charge in [0, 0.05) is 25.4 Å². The second kappa shape index (κ2) is 9.04. The molecule has 120 valence electrons. The Labute approximate surface area is 128 Å². The van der Waals surface area contributed by atoms with Gasteiger partial charge in [0.25, 0.3) is 0 Å². The van der Waals surface area contributed by atoms with E-state index < -0.39 is 8.80 Å². The Morgan fingerprint density at radius 3 is 1.57 bits per heavy atom. The number of ether oxygens (including phenoxy) is 2. The zero-order valence-electron chi connectivity index (χ0n) is 13.6. The Morgan fingerprint density at radius 2 is 1.24 bits per heavy atom. The van der Waals surface area contributed by atoms with Crippen molar-refractivity contribution in [3.8, 4) is 11.5 Å². The quantitative estimate of drug-likeness (QED) is 0.621. The molecule has 0 unspecified atom stereocenters. The van der Waals surface area contributed by atoms with E-state index in [1.54, 1.807) is 14.2 Å². The fourth-order valence-corrected chi connectivity index (χ4v) is 4.91. The van der Waals surface area contributed by atoms with Gasteiger partial charge >= 0.3 is 8.80 Å². The van der Waals surface area contributed by atoms with E-state index in [0.717, 1.165) is 17.1 Å². The molecule has 1 rings (SSSR count). The summed E-state index contributed by atoms with van der Waals surface area (Å²) < 4.78 is 28.6. The van der Waals surface area contributed by atoms with E-state index in [1.165, 1.54) is 0 Å². The fourth-order valence-electron chi connectivity index (χ4n) is 2.26. The Balaban J connectivity index is 3.17. The first kappa shape index (κ1) is 18.0. The normalized spacial score (nSPS) is 11.5. The molecule has 5 nitrogen and oxygen atoms in total. The highest BCUT2D eigenvalue weighted by molar-refractivity contribution is 6.60. The zero-order chi connectivity index (χ0) is 15.7. The third-order valence-corrected chi connectivity index (χ3v) is 5.99. The molecule has 0 spiro atoms. The van der Waals surface area contributed by atoms with Crippen LogP contribution in [0.3, 0.4) is 0 Å². The van der Waals surface area contributed by atoms with Crippen LogP contribution in [0.2, 0.25) is 0 Å². The molecule has 0 saturated carbocycles. The number of hydrogen-bond donors (Lipinski definition) is 0. The topological polar surface area (TPSA) is 46.2 Å². The molecular weight excluding hydrogens is 288 g/mol. The van der Waals surface area contributed by atoms with Crippen LogP contribution in [-0.2, 0) is 19.3 Å². The lowest BCUT2D eigenvalue weighted by molar-refractivity contribution is 0.0700. The predicted molar refractivity (Wildman–Crippen MR) is 83.9 cm³/mol. The fraction of sp³-hybridized carbons (Fsp3) is 0.600. The maximum Gasteiger partial charge on any atom is 0.505 e. The van der Waals surface area contributed by atoms with Gasteiger partial charge in [0.1, 0.15) is 11.5 Å². The summed E-state index contributed by atoms with van der Waals surface area (Å²) in [5.74, 6) is 1.51. The van der Waals surface area contributed by atoms with Crippen LogP contribution < -0.4 is 9.47 Å². The van der Waals surface area contributed by atoms with Crippen LogP contribution in [0, 0.1) is 0 Å². The van der Waals surface area contributed by atoms with Crippen molar-refractivity contribution < 1.29 is 22.8 Å². The minimum absolute atomic E-state index is 0.524. The molecule has 0 fully saturated rings. The average molecular weight is 314 g/mol. The summed E-state index contributed by atoms with van der Waals surface area (Å²) in [5.41, 5.74) is 0.921. The van der Waals surface area contributed by atoms with E-state index >= 15 is 0 Å². The maximum atomic E-state index is 5.90. The maximum absolute atomic E-state index is 5.90. The van der Waals surface area contributed by atoms with Crippen LogP contribution in [0.4, 0.5) is 0 Å². The molecule has 0 aromatic heterocycles. The summed E-state index contributed by atoms with van der Waals surface area (Å²) in [6.45, 7) is 7.47. The summed E-state index contributed by atoms with van der Waals surface area (Å²) in [5, 5.41) is 0. The van der Waals surface area contributed by atoms with Crippen molar-refractivity contribution in [3.63, 3.8) is 0 Å². The minimum Gasteiger partial charge on any atom is -0.496 e. The molecule has 0 aliphatic heterocycles. The lowest BCUT2D eigenvalue weighted by Gasteiger charge is -2.29. The second-order valence-corrected chi connectivity index (χ2v) is 6.89. The monoisotopic (exact) mass is 314 g/mol. The smallest absolute Gasteiger partial charge is 0.496 e. The Kier molecular flexibility index (Phi) is 7.74. The molecule has 0 aliphatic carbocycles. The molecule has 0 radical (unpaired) electrons. The minimum atomic E-state index is -2.79. The summed E-state index contributed by atoms with van der Waals surface area (Å²) in [6.07, 6.45) is 0. The van der Waals surface area contributed by atoms with Crippen molar-refractivity contribution in [2.24, 2.45) is 0 Å². The number of benzene rings is 1. The van der Waals surface area contributed by atoms with E-state index in [-0.39, 0.29) is 0 Å². The Morgan fingerprint density at radius 1 is 0.810 bits per heavy atom. The van der Waals surface area contributed by atoms with Crippen LogP contribution in [0.5, 0.6) is 11.5 Å². The first-order chi connectivity index (χ1) is 10.2. The molecule has 0 atom stereocenters. The summed E-state index contributed by atoms with van der Waals surface area (Å²) in [6, 6.07) is 6.23. The van der Waals surface area contributed by atoms with Gasteiger partial charge in [-0.25, -0.2) is 0 Å². The summed E-state index contributed by atoms with van der Waals surface area (Å²) >= 11 is 0. The Bertz CT molecular complexity index is 385. The van der Waals surface area contributed by atoms with Gasteiger partial charge in [-0.15, -0.1) is 0 Å². The lowest BCUT2D eigenvalue weighted by Crippen LogP contribution is -2.48. The van der Waals surface area contributed by atoms with Gasteiger partial charge in [0.05, 0.1) is 20.3 Å². The molecule has 0 aliphatic rings. The third-order valence-electron chi connectivity index (χ3n) is 3.02. The van der Waals surface area contributed by atoms with Gasteiger partial charge in [0.2, 0.25) is 0 Å². The third kappa shape index (κ3) is 4.71. The largest absolute Gasteiger partial charge is 0.505 e. The first-order valence-electron chi connectivity index (χ1n) is 7.28. The molecule has 0 heterocycles. The van der Waals surface area contributed by atoms with Gasteiger partial charge < -0.3 is 22.8 Å². The van der Waals surface area contributed by atoms with Crippen LogP contribution in [0.25, 0.3) is 0 Å². The summed E-state index contributed by atoms with van der Waals surface area (Å²) in [7, 11) is 0.493. The van der Waals surface area contributed by atoms with Crippen LogP contribution in [-0.4, -0.2) is 42.8 Å². The van der Waals surface area contributed by atoms with Gasteiger partial charge in [-0.05, 0) is 32.9 Å².